The minimum absolute atomic E-state index is 0.0216. The van der Waals surface area contributed by atoms with Crippen molar-refractivity contribution in [1.82, 2.24) is 10.2 Å². The van der Waals surface area contributed by atoms with Gasteiger partial charge in [-0.15, -0.1) is 0 Å². The summed E-state index contributed by atoms with van der Waals surface area (Å²) in [6.45, 7) is 8.84. The zero-order valence-electron chi connectivity index (χ0n) is 15.4. The van der Waals surface area contributed by atoms with Crippen molar-refractivity contribution in [2.45, 2.75) is 59.8 Å². The van der Waals surface area contributed by atoms with Crippen molar-refractivity contribution in [3.8, 4) is 0 Å². The van der Waals surface area contributed by atoms with Crippen molar-refractivity contribution in [2.24, 2.45) is 17.3 Å². The van der Waals surface area contributed by atoms with Crippen molar-refractivity contribution < 1.29 is 19.5 Å². The fraction of sp³-hybridized carbons (Fsp3) is 0.833. The van der Waals surface area contributed by atoms with Gasteiger partial charge in [-0.3, -0.25) is 14.4 Å². The van der Waals surface area contributed by atoms with Gasteiger partial charge in [0.2, 0.25) is 11.8 Å². The molecule has 1 aliphatic heterocycles. The summed E-state index contributed by atoms with van der Waals surface area (Å²) in [6.07, 6.45) is 3.30. The van der Waals surface area contributed by atoms with Crippen LogP contribution in [0.3, 0.4) is 0 Å². The molecular formula is C18H32N2O4. The van der Waals surface area contributed by atoms with Crippen LogP contribution in [-0.2, 0) is 14.4 Å². The van der Waals surface area contributed by atoms with E-state index < -0.39 is 11.4 Å². The van der Waals surface area contributed by atoms with Crippen molar-refractivity contribution in [2.75, 3.05) is 19.6 Å². The van der Waals surface area contributed by atoms with Gasteiger partial charge in [0.05, 0.1) is 11.3 Å². The summed E-state index contributed by atoms with van der Waals surface area (Å²) in [5, 5.41) is 12.3. The number of likely N-dealkylation sites (tertiary alicyclic amines) is 1. The highest BCUT2D eigenvalue weighted by Gasteiger charge is 2.36. The molecular weight excluding hydrogens is 308 g/mol. The molecule has 6 nitrogen and oxygen atoms in total. The maximum absolute atomic E-state index is 12.5. The van der Waals surface area contributed by atoms with Crippen LogP contribution in [0.1, 0.15) is 59.8 Å². The molecule has 2 unspecified atom stereocenters. The molecule has 1 saturated heterocycles. The van der Waals surface area contributed by atoms with Crippen LogP contribution in [-0.4, -0.2) is 47.4 Å². The van der Waals surface area contributed by atoms with Gasteiger partial charge in [0.25, 0.3) is 0 Å². The number of hydrogen-bond acceptors (Lipinski definition) is 3. The first kappa shape index (κ1) is 20.5. The van der Waals surface area contributed by atoms with Crippen LogP contribution >= 0.6 is 0 Å². The SMILES string of the molecule is CCC(C)C(=O)N1CCCC(C(=O)NCC(CC)(CC)C(=O)O)C1. The lowest BCUT2D eigenvalue weighted by atomic mass is 9.82. The minimum atomic E-state index is -0.906. The normalized spacial score (nSPS) is 19.7. The molecule has 1 rings (SSSR count). The molecule has 0 aliphatic carbocycles. The minimum Gasteiger partial charge on any atom is -0.481 e. The van der Waals surface area contributed by atoms with E-state index in [2.05, 4.69) is 5.32 Å². The molecule has 0 spiro atoms. The van der Waals surface area contributed by atoms with Crippen LogP contribution in [0.2, 0.25) is 0 Å². The Morgan fingerprint density at radius 2 is 1.88 bits per heavy atom. The van der Waals surface area contributed by atoms with Gasteiger partial charge in [0.15, 0.2) is 0 Å². The Labute approximate surface area is 145 Å². The highest BCUT2D eigenvalue weighted by molar-refractivity contribution is 5.83. The number of carboxylic acids is 1. The highest BCUT2D eigenvalue weighted by Crippen LogP contribution is 2.26. The number of hydrogen-bond donors (Lipinski definition) is 2. The van der Waals surface area contributed by atoms with Crippen LogP contribution in [0.25, 0.3) is 0 Å². The van der Waals surface area contributed by atoms with E-state index in [1.54, 1.807) is 4.90 Å². The summed E-state index contributed by atoms with van der Waals surface area (Å²) in [5.74, 6) is -1.16. The zero-order chi connectivity index (χ0) is 18.3. The molecule has 0 saturated carbocycles. The predicted molar refractivity (Wildman–Crippen MR) is 92.4 cm³/mol. The first-order valence-electron chi connectivity index (χ1n) is 9.11. The standard InChI is InChI=1S/C18H32N2O4/c1-5-13(4)16(22)20-10-8-9-14(11-20)15(21)19-12-18(6-2,7-3)17(23)24/h13-14H,5-12H2,1-4H3,(H,19,21)(H,23,24). The second-order valence-corrected chi connectivity index (χ2v) is 6.94. The number of nitrogens with zero attached hydrogens (tertiary/aromatic N) is 1. The van der Waals surface area contributed by atoms with Crippen LogP contribution in [0.4, 0.5) is 0 Å². The number of carboxylic acid groups (broad SMARTS) is 1. The van der Waals surface area contributed by atoms with E-state index in [4.69, 9.17) is 0 Å². The first-order valence-corrected chi connectivity index (χ1v) is 9.11. The lowest BCUT2D eigenvalue weighted by Gasteiger charge is -2.34. The van der Waals surface area contributed by atoms with Crippen molar-refractivity contribution >= 4 is 17.8 Å². The zero-order valence-corrected chi connectivity index (χ0v) is 15.4. The molecule has 2 atom stereocenters. The van der Waals surface area contributed by atoms with Gasteiger partial charge >= 0.3 is 5.97 Å². The van der Waals surface area contributed by atoms with E-state index in [0.29, 0.717) is 25.9 Å². The average Bonchev–Trinajstić information content (AvgIpc) is 2.61. The Morgan fingerprint density at radius 3 is 2.38 bits per heavy atom. The molecule has 138 valence electrons. The molecule has 1 fully saturated rings. The third-order valence-corrected chi connectivity index (χ3v) is 5.55. The average molecular weight is 340 g/mol. The maximum Gasteiger partial charge on any atom is 0.311 e. The van der Waals surface area contributed by atoms with Crippen LogP contribution in [0.5, 0.6) is 0 Å². The predicted octanol–water partition coefficient (Wildman–Crippen LogP) is 2.28. The van der Waals surface area contributed by atoms with Crippen molar-refractivity contribution in [3.05, 3.63) is 0 Å². The number of carbonyl (C=O) groups is 3. The lowest BCUT2D eigenvalue weighted by Crippen LogP contribution is -2.49. The summed E-state index contributed by atoms with van der Waals surface area (Å²) in [5.41, 5.74) is -0.906. The molecule has 6 heteroatoms. The van der Waals surface area contributed by atoms with Crippen LogP contribution < -0.4 is 5.32 Å². The summed E-state index contributed by atoms with van der Waals surface area (Å²) >= 11 is 0. The van der Waals surface area contributed by atoms with Crippen molar-refractivity contribution in [3.63, 3.8) is 0 Å². The summed E-state index contributed by atoms with van der Waals surface area (Å²) in [6, 6.07) is 0. The van der Waals surface area contributed by atoms with Crippen molar-refractivity contribution in [1.29, 1.82) is 0 Å². The monoisotopic (exact) mass is 340 g/mol. The quantitative estimate of drug-likeness (QED) is 0.710. The van der Waals surface area contributed by atoms with E-state index in [9.17, 15) is 19.5 Å². The van der Waals surface area contributed by atoms with Gasteiger partial charge in [-0.1, -0.05) is 27.7 Å². The molecule has 24 heavy (non-hydrogen) atoms. The van der Waals surface area contributed by atoms with Gasteiger partial charge in [0.1, 0.15) is 0 Å². The Balaban J connectivity index is 2.64. The van der Waals surface area contributed by atoms with E-state index in [1.807, 2.05) is 27.7 Å². The summed E-state index contributed by atoms with van der Waals surface area (Å²) in [4.78, 5) is 38.1. The smallest absolute Gasteiger partial charge is 0.311 e. The molecule has 2 N–H and O–H groups in total. The van der Waals surface area contributed by atoms with Gasteiger partial charge in [0, 0.05) is 25.6 Å². The van der Waals surface area contributed by atoms with E-state index >= 15 is 0 Å². The van der Waals surface area contributed by atoms with Crippen LogP contribution in [0, 0.1) is 17.3 Å². The highest BCUT2D eigenvalue weighted by atomic mass is 16.4. The Bertz CT molecular complexity index is 460. The molecule has 1 heterocycles. The fourth-order valence-corrected chi connectivity index (χ4v) is 3.16. The van der Waals surface area contributed by atoms with Gasteiger partial charge in [-0.05, 0) is 32.1 Å². The Morgan fingerprint density at radius 1 is 1.25 bits per heavy atom. The number of piperidine rings is 1. The molecule has 0 aromatic rings. The second-order valence-electron chi connectivity index (χ2n) is 6.94. The number of amides is 2. The van der Waals surface area contributed by atoms with Gasteiger partial charge < -0.3 is 15.3 Å². The second kappa shape index (κ2) is 9.04. The molecule has 0 radical (unpaired) electrons. The van der Waals surface area contributed by atoms with E-state index in [1.165, 1.54) is 0 Å². The third kappa shape index (κ3) is 4.71. The van der Waals surface area contributed by atoms with Gasteiger partial charge in [-0.25, -0.2) is 0 Å². The summed E-state index contributed by atoms with van der Waals surface area (Å²) in [7, 11) is 0. The number of nitrogens with one attached hydrogen (secondary N) is 1. The summed E-state index contributed by atoms with van der Waals surface area (Å²) < 4.78 is 0. The maximum atomic E-state index is 12.5. The first-order chi connectivity index (χ1) is 11.3. The number of rotatable bonds is 8. The largest absolute Gasteiger partial charge is 0.481 e. The molecule has 0 aromatic heterocycles. The molecule has 1 aliphatic rings. The topological polar surface area (TPSA) is 86.7 Å². The Hall–Kier alpha value is -1.59. The molecule has 2 amide bonds. The number of carbonyl (C=O) groups excluding carboxylic acids is 2. The van der Waals surface area contributed by atoms with E-state index in [0.717, 1.165) is 19.3 Å². The van der Waals surface area contributed by atoms with Gasteiger partial charge in [-0.2, -0.15) is 0 Å². The molecule has 0 bridgehead atoms. The van der Waals surface area contributed by atoms with E-state index in [-0.39, 0.29) is 30.2 Å². The van der Waals surface area contributed by atoms with Crippen LogP contribution in [0.15, 0.2) is 0 Å². The molecule has 0 aromatic carbocycles. The lowest BCUT2D eigenvalue weighted by molar-refractivity contribution is -0.149. The third-order valence-electron chi connectivity index (χ3n) is 5.55. The fourth-order valence-electron chi connectivity index (χ4n) is 3.16. The Kier molecular flexibility index (Phi) is 7.70. The number of aliphatic carboxylic acids is 1.